The summed E-state index contributed by atoms with van der Waals surface area (Å²) < 4.78 is 30.6. The Balaban J connectivity index is 1.65. The third-order valence-corrected chi connectivity index (χ3v) is 8.32. The molecule has 0 radical (unpaired) electrons. The summed E-state index contributed by atoms with van der Waals surface area (Å²) in [6, 6.07) is 19.2. The molecule has 0 bridgehead atoms. The Kier molecular flexibility index (Phi) is 7.70. The highest BCUT2D eigenvalue weighted by molar-refractivity contribution is 8.00. The number of benzene rings is 2. The van der Waals surface area contributed by atoms with E-state index in [0.29, 0.717) is 22.0 Å². The average Bonchev–Trinajstić information content (AvgIpc) is 2.82. The maximum Gasteiger partial charge on any atom is 0.254 e. The van der Waals surface area contributed by atoms with Gasteiger partial charge in [0.25, 0.3) is 5.91 Å². The van der Waals surface area contributed by atoms with E-state index in [1.54, 1.807) is 62.7 Å². The summed E-state index contributed by atoms with van der Waals surface area (Å²) in [6.07, 6.45) is 1.60. The van der Waals surface area contributed by atoms with E-state index in [1.807, 2.05) is 24.3 Å². The summed E-state index contributed by atoms with van der Waals surface area (Å²) >= 11 is 1.26. The van der Waals surface area contributed by atoms with Crippen LogP contribution >= 0.6 is 11.8 Å². The number of methoxy groups -OCH3 is 1. The molecule has 0 saturated carbocycles. The molecule has 1 N–H and O–H groups in total. The zero-order chi connectivity index (χ0) is 22.3. The fourth-order valence-electron chi connectivity index (χ4n) is 2.83. The number of hydrogen-bond acceptors (Lipinski definition) is 6. The van der Waals surface area contributed by atoms with Crippen molar-refractivity contribution in [2.75, 3.05) is 12.9 Å². The Morgan fingerprint density at radius 3 is 2.45 bits per heavy atom. The Bertz CT molecular complexity index is 1120. The van der Waals surface area contributed by atoms with Crippen LogP contribution in [0.4, 0.5) is 0 Å². The second-order valence-electron chi connectivity index (χ2n) is 6.87. The predicted octanol–water partition coefficient (Wildman–Crippen LogP) is 3.97. The molecule has 1 heterocycles. The molecule has 31 heavy (non-hydrogen) atoms. The van der Waals surface area contributed by atoms with E-state index in [0.717, 1.165) is 11.3 Å². The van der Waals surface area contributed by atoms with E-state index in [2.05, 4.69) is 10.3 Å². The number of aromatic nitrogens is 1. The predicted molar refractivity (Wildman–Crippen MR) is 122 cm³/mol. The van der Waals surface area contributed by atoms with Gasteiger partial charge in [-0.05, 0) is 48.9 Å². The average molecular weight is 457 g/mol. The van der Waals surface area contributed by atoms with Gasteiger partial charge in [-0.25, -0.2) is 13.4 Å². The highest BCUT2D eigenvalue weighted by Crippen LogP contribution is 2.25. The van der Waals surface area contributed by atoms with E-state index in [4.69, 9.17) is 4.74 Å². The summed E-state index contributed by atoms with van der Waals surface area (Å²) in [5.74, 6) is 0.776. The number of pyridine rings is 1. The van der Waals surface area contributed by atoms with Crippen LogP contribution < -0.4 is 10.1 Å². The van der Waals surface area contributed by atoms with Gasteiger partial charge in [0.2, 0.25) is 0 Å². The number of carbonyl (C=O) groups is 1. The van der Waals surface area contributed by atoms with E-state index in [9.17, 15) is 13.2 Å². The monoisotopic (exact) mass is 456 g/mol. The minimum absolute atomic E-state index is 0.259. The molecule has 1 atom stereocenters. The molecule has 0 saturated heterocycles. The minimum Gasteiger partial charge on any atom is -0.497 e. The second-order valence-corrected chi connectivity index (χ2v) is 10.2. The van der Waals surface area contributed by atoms with Gasteiger partial charge in [-0.1, -0.05) is 30.3 Å². The molecule has 2 aromatic carbocycles. The largest absolute Gasteiger partial charge is 0.497 e. The van der Waals surface area contributed by atoms with Crippen molar-refractivity contribution in [3.8, 4) is 5.75 Å². The van der Waals surface area contributed by atoms with Crippen LogP contribution in [0.3, 0.4) is 0 Å². The van der Waals surface area contributed by atoms with Gasteiger partial charge in [0, 0.05) is 18.5 Å². The van der Waals surface area contributed by atoms with Gasteiger partial charge >= 0.3 is 0 Å². The molecule has 1 aromatic heterocycles. The SMILES string of the molecule is COc1ccc(CNC(=O)c2cccnc2SCC(C)S(=O)(=O)c2ccccc2)cc1. The maximum absolute atomic E-state index is 12.8. The van der Waals surface area contributed by atoms with E-state index in [-0.39, 0.29) is 11.7 Å². The fourth-order valence-corrected chi connectivity index (χ4v) is 5.59. The number of thioether (sulfide) groups is 1. The normalized spacial score (nSPS) is 12.2. The summed E-state index contributed by atoms with van der Waals surface area (Å²) in [5.41, 5.74) is 1.36. The van der Waals surface area contributed by atoms with Crippen LogP contribution in [0.15, 0.2) is 82.8 Å². The summed E-state index contributed by atoms with van der Waals surface area (Å²) in [7, 11) is -1.85. The lowest BCUT2D eigenvalue weighted by molar-refractivity contribution is 0.0947. The molecule has 0 aliphatic carbocycles. The smallest absolute Gasteiger partial charge is 0.254 e. The first-order valence-electron chi connectivity index (χ1n) is 9.69. The van der Waals surface area contributed by atoms with Crippen LogP contribution in [-0.4, -0.2) is 37.4 Å². The van der Waals surface area contributed by atoms with Crippen molar-refractivity contribution in [1.29, 1.82) is 0 Å². The number of amides is 1. The number of carbonyl (C=O) groups excluding carboxylic acids is 1. The molecule has 0 spiro atoms. The van der Waals surface area contributed by atoms with Crippen LogP contribution in [-0.2, 0) is 16.4 Å². The molecule has 1 unspecified atom stereocenters. The van der Waals surface area contributed by atoms with E-state index < -0.39 is 15.1 Å². The summed E-state index contributed by atoms with van der Waals surface area (Å²) in [6.45, 7) is 2.03. The summed E-state index contributed by atoms with van der Waals surface area (Å²) in [5, 5.41) is 2.76. The maximum atomic E-state index is 12.8. The zero-order valence-electron chi connectivity index (χ0n) is 17.3. The van der Waals surface area contributed by atoms with Gasteiger partial charge in [0.15, 0.2) is 9.84 Å². The lowest BCUT2D eigenvalue weighted by atomic mass is 10.2. The molecule has 0 fully saturated rings. The first-order valence-corrected chi connectivity index (χ1v) is 12.2. The Morgan fingerprint density at radius 2 is 1.77 bits per heavy atom. The van der Waals surface area contributed by atoms with Gasteiger partial charge in [-0.15, -0.1) is 11.8 Å². The molecular weight excluding hydrogens is 432 g/mol. The van der Waals surface area contributed by atoms with Gasteiger partial charge in [-0.3, -0.25) is 4.79 Å². The quantitative estimate of drug-likeness (QED) is 0.491. The minimum atomic E-state index is -3.45. The Hall–Kier alpha value is -2.84. The van der Waals surface area contributed by atoms with Crippen molar-refractivity contribution in [3.05, 3.63) is 84.1 Å². The van der Waals surface area contributed by atoms with Crippen LogP contribution in [0.5, 0.6) is 5.75 Å². The van der Waals surface area contributed by atoms with Gasteiger partial charge in [0.05, 0.1) is 22.8 Å². The number of sulfone groups is 1. The van der Waals surface area contributed by atoms with Crippen LogP contribution in [0.25, 0.3) is 0 Å². The molecular formula is C23H24N2O4S2. The molecule has 162 valence electrons. The second kappa shape index (κ2) is 10.5. The lowest BCUT2D eigenvalue weighted by Gasteiger charge is -2.14. The summed E-state index contributed by atoms with van der Waals surface area (Å²) in [4.78, 5) is 17.3. The lowest BCUT2D eigenvalue weighted by Crippen LogP contribution is -2.24. The number of nitrogens with zero attached hydrogens (tertiary/aromatic N) is 1. The first kappa shape index (κ1) is 22.8. The van der Waals surface area contributed by atoms with Crippen molar-refractivity contribution in [2.24, 2.45) is 0 Å². The van der Waals surface area contributed by atoms with E-state index >= 15 is 0 Å². The van der Waals surface area contributed by atoms with Gasteiger partial charge < -0.3 is 10.1 Å². The van der Waals surface area contributed by atoms with Crippen LogP contribution in [0.2, 0.25) is 0 Å². The molecule has 0 aliphatic heterocycles. The van der Waals surface area contributed by atoms with E-state index in [1.165, 1.54) is 11.8 Å². The third kappa shape index (κ3) is 5.86. The van der Waals surface area contributed by atoms with Crippen LogP contribution in [0.1, 0.15) is 22.8 Å². The molecule has 1 amide bonds. The number of rotatable bonds is 9. The van der Waals surface area contributed by atoms with Gasteiger partial charge in [-0.2, -0.15) is 0 Å². The number of nitrogens with one attached hydrogen (secondary N) is 1. The molecule has 0 aliphatic rings. The zero-order valence-corrected chi connectivity index (χ0v) is 18.9. The Labute approximate surface area is 187 Å². The third-order valence-electron chi connectivity index (χ3n) is 4.68. The van der Waals surface area contributed by atoms with Crippen molar-refractivity contribution in [1.82, 2.24) is 10.3 Å². The number of ether oxygens (including phenoxy) is 1. The topological polar surface area (TPSA) is 85.4 Å². The highest BCUT2D eigenvalue weighted by atomic mass is 32.2. The Morgan fingerprint density at radius 1 is 1.06 bits per heavy atom. The molecule has 6 nitrogen and oxygen atoms in total. The number of hydrogen-bond donors (Lipinski definition) is 1. The van der Waals surface area contributed by atoms with Crippen LogP contribution in [0, 0.1) is 0 Å². The fraction of sp³-hybridized carbons (Fsp3) is 0.217. The van der Waals surface area contributed by atoms with Crippen molar-refractivity contribution < 1.29 is 17.9 Å². The highest BCUT2D eigenvalue weighted by Gasteiger charge is 2.24. The molecule has 8 heteroatoms. The molecule has 3 rings (SSSR count). The standard InChI is InChI=1S/C23H24N2O4S2/c1-17(31(27,28)20-7-4-3-5-8-20)16-30-23-21(9-6-14-24-23)22(26)25-15-18-10-12-19(29-2)13-11-18/h3-14,17H,15-16H2,1-2H3,(H,25,26). The van der Waals surface area contributed by atoms with Crippen molar-refractivity contribution in [3.63, 3.8) is 0 Å². The molecule has 3 aromatic rings. The van der Waals surface area contributed by atoms with Crippen molar-refractivity contribution in [2.45, 2.75) is 28.6 Å². The van der Waals surface area contributed by atoms with Crippen molar-refractivity contribution >= 4 is 27.5 Å². The van der Waals surface area contributed by atoms with Gasteiger partial charge in [0.1, 0.15) is 10.8 Å². The first-order chi connectivity index (χ1) is 14.9.